The fraction of sp³-hybridized carbons (Fsp3) is 0.105. The Bertz CT molecular complexity index is 1140. The summed E-state index contributed by atoms with van der Waals surface area (Å²) in [5.74, 6) is -0.857. The Hall–Kier alpha value is -2.41. The van der Waals surface area contributed by atoms with Gasteiger partial charge in [-0.3, -0.25) is 4.79 Å². The van der Waals surface area contributed by atoms with Crippen LogP contribution in [0.5, 0.6) is 0 Å². The van der Waals surface area contributed by atoms with Crippen LogP contribution in [0.25, 0.3) is 26.6 Å². The summed E-state index contributed by atoms with van der Waals surface area (Å²) in [7, 11) is 0. The lowest BCUT2D eigenvalue weighted by molar-refractivity contribution is -0.136. The molecule has 8 heteroatoms. The standard InChI is InChI=1S/C19H13Cl2N3O2S/c20-12-6-4-11(5-7-12)15-10-13(8-9-17(25)26)23-24(15)19-22-18-14(21)2-1-3-16(18)27-19/h1-7,10H,8-9H2,(H,25,26). The summed E-state index contributed by atoms with van der Waals surface area (Å²) in [6.45, 7) is 0. The van der Waals surface area contributed by atoms with Crippen molar-refractivity contribution in [1.29, 1.82) is 0 Å². The van der Waals surface area contributed by atoms with Crippen molar-refractivity contribution in [3.63, 3.8) is 0 Å². The van der Waals surface area contributed by atoms with Gasteiger partial charge in [-0.05, 0) is 30.3 Å². The monoisotopic (exact) mass is 417 g/mol. The average molecular weight is 418 g/mol. The molecule has 0 atom stereocenters. The Morgan fingerprint density at radius 2 is 1.93 bits per heavy atom. The van der Waals surface area contributed by atoms with Gasteiger partial charge in [0.1, 0.15) is 5.52 Å². The van der Waals surface area contributed by atoms with E-state index in [-0.39, 0.29) is 6.42 Å². The predicted octanol–water partition coefficient (Wildman–Crippen LogP) is 5.47. The van der Waals surface area contributed by atoms with Gasteiger partial charge in [-0.1, -0.05) is 52.7 Å². The van der Waals surface area contributed by atoms with Gasteiger partial charge in [-0.2, -0.15) is 5.10 Å². The van der Waals surface area contributed by atoms with Crippen molar-refractivity contribution < 1.29 is 9.90 Å². The number of hydrogen-bond donors (Lipinski definition) is 1. The van der Waals surface area contributed by atoms with Crippen molar-refractivity contribution in [2.45, 2.75) is 12.8 Å². The van der Waals surface area contributed by atoms with Crippen LogP contribution in [0.2, 0.25) is 10.0 Å². The van der Waals surface area contributed by atoms with Gasteiger partial charge in [0, 0.05) is 17.0 Å². The molecule has 2 heterocycles. The van der Waals surface area contributed by atoms with Crippen LogP contribution in [-0.2, 0) is 11.2 Å². The molecular formula is C19H13Cl2N3O2S. The van der Waals surface area contributed by atoms with E-state index in [4.69, 9.17) is 28.3 Å². The largest absolute Gasteiger partial charge is 0.481 e. The van der Waals surface area contributed by atoms with Crippen LogP contribution in [0.1, 0.15) is 12.1 Å². The molecule has 0 aliphatic carbocycles. The Morgan fingerprint density at radius 3 is 2.63 bits per heavy atom. The van der Waals surface area contributed by atoms with Crippen LogP contribution in [-0.4, -0.2) is 25.8 Å². The van der Waals surface area contributed by atoms with Gasteiger partial charge in [0.15, 0.2) is 0 Å². The first-order chi connectivity index (χ1) is 13.0. The highest BCUT2D eigenvalue weighted by Gasteiger charge is 2.16. The van der Waals surface area contributed by atoms with E-state index in [9.17, 15) is 4.79 Å². The maximum absolute atomic E-state index is 10.9. The van der Waals surface area contributed by atoms with Gasteiger partial charge in [0.2, 0.25) is 5.13 Å². The molecule has 0 unspecified atom stereocenters. The fourth-order valence-electron chi connectivity index (χ4n) is 2.75. The molecule has 4 rings (SSSR count). The lowest BCUT2D eigenvalue weighted by atomic mass is 10.1. The quantitative estimate of drug-likeness (QED) is 0.467. The van der Waals surface area contributed by atoms with E-state index < -0.39 is 5.97 Å². The molecule has 0 amide bonds. The molecular weight excluding hydrogens is 405 g/mol. The zero-order valence-electron chi connectivity index (χ0n) is 13.9. The summed E-state index contributed by atoms with van der Waals surface area (Å²) in [5, 5.41) is 15.5. The molecule has 27 heavy (non-hydrogen) atoms. The molecule has 5 nitrogen and oxygen atoms in total. The van der Waals surface area contributed by atoms with E-state index in [2.05, 4.69) is 10.1 Å². The lowest BCUT2D eigenvalue weighted by Crippen LogP contribution is -2.01. The summed E-state index contributed by atoms with van der Waals surface area (Å²) in [6.07, 6.45) is 0.358. The van der Waals surface area contributed by atoms with Crippen LogP contribution >= 0.6 is 34.5 Å². The van der Waals surface area contributed by atoms with Gasteiger partial charge < -0.3 is 5.11 Å². The molecule has 0 saturated heterocycles. The summed E-state index contributed by atoms with van der Waals surface area (Å²) < 4.78 is 2.70. The topological polar surface area (TPSA) is 68.0 Å². The Kier molecular flexibility index (Phi) is 4.86. The molecule has 0 bridgehead atoms. The van der Waals surface area contributed by atoms with E-state index in [1.54, 1.807) is 22.9 Å². The number of halogens is 2. The third-order valence-electron chi connectivity index (χ3n) is 4.03. The molecule has 0 saturated carbocycles. The van der Waals surface area contributed by atoms with Gasteiger partial charge in [0.05, 0.1) is 27.5 Å². The zero-order valence-corrected chi connectivity index (χ0v) is 16.2. The summed E-state index contributed by atoms with van der Waals surface area (Å²) in [6, 6.07) is 14.9. The predicted molar refractivity (Wildman–Crippen MR) is 108 cm³/mol. The van der Waals surface area contributed by atoms with Crippen LogP contribution in [0, 0.1) is 0 Å². The molecule has 0 fully saturated rings. The summed E-state index contributed by atoms with van der Waals surface area (Å²) >= 11 is 13.7. The number of carboxylic acids is 1. The van der Waals surface area contributed by atoms with Gasteiger partial charge in [-0.15, -0.1) is 0 Å². The average Bonchev–Trinajstić information content (AvgIpc) is 3.25. The molecule has 4 aromatic rings. The second-order valence-corrected chi connectivity index (χ2v) is 7.77. The normalized spacial score (nSPS) is 11.2. The van der Waals surface area contributed by atoms with Crippen LogP contribution in [0.3, 0.4) is 0 Å². The van der Waals surface area contributed by atoms with E-state index >= 15 is 0 Å². The Balaban J connectivity index is 1.84. The first kappa shape index (κ1) is 18.0. The maximum atomic E-state index is 10.9. The number of carbonyl (C=O) groups is 1. The van der Waals surface area contributed by atoms with E-state index in [0.717, 1.165) is 21.5 Å². The smallest absolute Gasteiger partial charge is 0.303 e. The number of hydrogen-bond acceptors (Lipinski definition) is 4. The third-order valence-corrected chi connectivity index (χ3v) is 5.59. The Morgan fingerprint density at radius 1 is 1.15 bits per heavy atom. The van der Waals surface area contributed by atoms with Crippen LogP contribution < -0.4 is 0 Å². The number of benzene rings is 2. The third kappa shape index (κ3) is 3.69. The highest BCUT2D eigenvalue weighted by atomic mass is 35.5. The minimum atomic E-state index is -0.857. The van der Waals surface area contributed by atoms with Crippen molar-refractivity contribution in [1.82, 2.24) is 14.8 Å². The van der Waals surface area contributed by atoms with Gasteiger partial charge >= 0.3 is 5.97 Å². The summed E-state index contributed by atoms with van der Waals surface area (Å²) in [5.41, 5.74) is 3.15. The SMILES string of the molecule is O=C(O)CCc1cc(-c2ccc(Cl)cc2)n(-c2nc3c(Cl)cccc3s2)n1. The number of aryl methyl sites for hydroxylation is 1. The van der Waals surface area contributed by atoms with Gasteiger partial charge in [0.25, 0.3) is 0 Å². The number of para-hydroxylation sites is 1. The molecule has 0 spiro atoms. The van der Waals surface area contributed by atoms with Crippen molar-refractivity contribution in [2.24, 2.45) is 0 Å². The van der Waals surface area contributed by atoms with E-state index in [1.165, 1.54) is 11.3 Å². The highest BCUT2D eigenvalue weighted by Crippen LogP contribution is 2.33. The van der Waals surface area contributed by atoms with Crippen LogP contribution in [0.4, 0.5) is 0 Å². The highest BCUT2D eigenvalue weighted by molar-refractivity contribution is 7.20. The molecule has 2 aromatic carbocycles. The van der Waals surface area contributed by atoms with E-state index in [0.29, 0.717) is 27.3 Å². The number of carboxylic acid groups (broad SMARTS) is 1. The molecule has 2 aromatic heterocycles. The zero-order chi connectivity index (χ0) is 19.0. The van der Waals surface area contributed by atoms with E-state index in [1.807, 2.05) is 30.3 Å². The van der Waals surface area contributed by atoms with Crippen molar-refractivity contribution in [3.8, 4) is 16.4 Å². The number of rotatable bonds is 5. The number of fused-ring (bicyclic) bond motifs is 1. The second-order valence-electron chi connectivity index (χ2n) is 5.92. The molecule has 0 aliphatic rings. The molecule has 0 aliphatic heterocycles. The minimum absolute atomic E-state index is 0.0166. The number of thiazole rings is 1. The summed E-state index contributed by atoms with van der Waals surface area (Å²) in [4.78, 5) is 15.6. The number of nitrogens with zero attached hydrogens (tertiary/aromatic N) is 3. The molecule has 1 N–H and O–H groups in total. The van der Waals surface area contributed by atoms with Crippen LogP contribution in [0.15, 0.2) is 48.5 Å². The molecule has 136 valence electrons. The maximum Gasteiger partial charge on any atom is 0.303 e. The first-order valence-electron chi connectivity index (χ1n) is 8.13. The first-order valence-corrected chi connectivity index (χ1v) is 9.70. The van der Waals surface area contributed by atoms with Crippen molar-refractivity contribution >= 4 is 50.7 Å². The number of aliphatic carboxylic acids is 1. The Labute approximate surface area is 168 Å². The lowest BCUT2D eigenvalue weighted by Gasteiger charge is -2.04. The van der Waals surface area contributed by atoms with Crippen molar-refractivity contribution in [2.75, 3.05) is 0 Å². The minimum Gasteiger partial charge on any atom is -0.481 e. The fourth-order valence-corrected chi connectivity index (χ4v) is 4.11. The second kappa shape index (κ2) is 7.31. The molecule has 0 radical (unpaired) electrons. The van der Waals surface area contributed by atoms with Crippen molar-refractivity contribution in [3.05, 3.63) is 64.3 Å². The van der Waals surface area contributed by atoms with Gasteiger partial charge in [-0.25, -0.2) is 9.67 Å². The number of aromatic nitrogens is 3.